The Hall–Kier alpha value is -1.26. The van der Waals surface area contributed by atoms with Crippen molar-refractivity contribution in [3.05, 3.63) is 63.1 Å². The van der Waals surface area contributed by atoms with Gasteiger partial charge in [-0.2, -0.15) is 0 Å². The third-order valence-corrected chi connectivity index (χ3v) is 3.61. The molecule has 106 valence electrons. The Balaban J connectivity index is 2.52. The van der Waals surface area contributed by atoms with Crippen molar-refractivity contribution in [1.82, 2.24) is 10.3 Å². The van der Waals surface area contributed by atoms with Crippen LogP contribution < -0.4 is 5.32 Å². The first-order valence-electron chi connectivity index (χ1n) is 6.64. The zero-order chi connectivity index (χ0) is 14.7. The van der Waals surface area contributed by atoms with Gasteiger partial charge in [-0.05, 0) is 56.3 Å². The van der Waals surface area contributed by atoms with E-state index in [1.165, 1.54) is 6.07 Å². The molecule has 0 fully saturated rings. The third kappa shape index (κ3) is 3.44. The second-order valence-electron chi connectivity index (χ2n) is 4.84. The van der Waals surface area contributed by atoms with Gasteiger partial charge in [0.2, 0.25) is 0 Å². The first-order valence-corrected chi connectivity index (χ1v) is 7.44. The first-order chi connectivity index (χ1) is 9.51. The lowest BCUT2D eigenvalue weighted by Gasteiger charge is -2.20. The third-order valence-electron chi connectivity index (χ3n) is 3.11. The number of aromatic nitrogens is 1. The molecule has 1 atom stereocenters. The van der Waals surface area contributed by atoms with Crippen LogP contribution in [0, 0.1) is 19.7 Å². The minimum atomic E-state index is -0.203. The van der Waals surface area contributed by atoms with Crippen molar-refractivity contribution in [1.29, 1.82) is 0 Å². The number of nitrogens with zero attached hydrogens (tertiary/aromatic N) is 1. The largest absolute Gasteiger partial charge is 0.306 e. The molecule has 0 radical (unpaired) electrons. The molecule has 0 bridgehead atoms. The predicted octanol–water partition coefficient (Wildman–Crippen LogP) is 4.30. The molecule has 0 aliphatic heterocycles. The molecule has 4 heteroatoms. The van der Waals surface area contributed by atoms with Crippen LogP contribution in [-0.2, 0) is 0 Å². The lowest BCUT2D eigenvalue weighted by molar-refractivity contribution is 0.558. The lowest BCUT2D eigenvalue weighted by atomic mass is 9.97. The van der Waals surface area contributed by atoms with E-state index in [0.717, 1.165) is 28.0 Å². The standard InChI is InChI=1S/C16H18BrFN2/c1-4-19-16(12-7-10(2)20-11(3)8-12)14-9-13(17)5-6-15(14)18/h5-9,16,19H,4H2,1-3H3. The van der Waals surface area contributed by atoms with E-state index in [9.17, 15) is 4.39 Å². The molecule has 1 aromatic carbocycles. The zero-order valence-electron chi connectivity index (χ0n) is 11.9. The van der Waals surface area contributed by atoms with Crippen molar-refractivity contribution in [2.75, 3.05) is 6.54 Å². The van der Waals surface area contributed by atoms with Gasteiger partial charge in [-0.15, -0.1) is 0 Å². The highest BCUT2D eigenvalue weighted by Gasteiger charge is 2.18. The van der Waals surface area contributed by atoms with E-state index in [1.54, 1.807) is 6.07 Å². The maximum absolute atomic E-state index is 14.2. The predicted molar refractivity (Wildman–Crippen MR) is 83.3 cm³/mol. The van der Waals surface area contributed by atoms with E-state index in [1.807, 2.05) is 39.0 Å². The Bertz CT molecular complexity index is 593. The molecule has 0 saturated heterocycles. The number of hydrogen-bond acceptors (Lipinski definition) is 2. The fourth-order valence-corrected chi connectivity index (χ4v) is 2.76. The molecule has 0 amide bonds. The molecule has 2 aromatic rings. The summed E-state index contributed by atoms with van der Waals surface area (Å²) in [6.07, 6.45) is 0. The maximum atomic E-state index is 14.2. The van der Waals surface area contributed by atoms with Gasteiger partial charge in [-0.3, -0.25) is 4.98 Å². The van der Waals surface area contributed by atoms with Crippen LogP contribution in [-0.4, -0.2) is 11.5 Å². The van der Waals surface area contributed by atoms with Crippen molar-refractivity contribution in [2.45, 2.75) is 26.8 Å². The van der Waals surface area contributed by atoms with Gasteiger partial charge in [0, 0.05) is 21.4 Å². The monoisotopic (exact) mass is 336 g/mol. The van der Waals surface area contributed by atoms with Gasteiger partial charge >= 0.3 is 0 Å². The van der Waals surface area contributed by atoms with E-state index in [0.29, 0.717) is 5.56 Å². The first kappa shape index (κ1) is 15.1. The molecule has 2 rings (SSSR count). The Morgan fingerprint density at radius 1 is 1.20 bits per heavy atom. The summed E-state index contributed by atoms with van der Waals surface area (Å²) in [5.74, 6) is -0.203. The SMILES string of the molecule is CCNC(c1cc(C)nc(C)c1)c1cc(Br)ccc1F. The van der Waals surface area contributed by atoms with Crippen molar-refractivity contribution in [2.24, 2.45) is 0 Å². The second kappa shape index (κ2) is 6.46. The van der Waals surface area contributed by atoms with Crippen LogP contribution >= 0.6 is 15.9 Å². The molecule has 0 aliphatic carbocycles. The van der Waals surface area contributed by atoms with Crippen molar-refractivity contribution < 1.29 is 4.39 Å². The number of benzene rings is 1. The highest BCUT2D eigenvalue weighted by Crippen LogP contribution is 2.27. The average molecular weight is 337 g/mol. The van der Waals surface area contributed by atoms with Crippen molar-refractivity contribution >= 4 is 15.9 Å². The quantitative estimate of drug-likeness (QED) is 0.900. The molecule has 1 unspecified atom stereocenters. The summed E-state index contributed by atoms with van der Waals surface area (Å²) < 4.78 is 15.0. The number of nitrogens with one attached hydrogen (secondary N) is 1. The fourth-order valence-electron chi connectivity index (χ4n) is 2.38. The molecule has 0 spiro atoms. The minimum absolute atomic E-state index is 0.169. The smallest absolute Gasteiger partial charge is 0.128 e. The molecule has 1 aromatic heterocycles. The van der Waals surface area contributed by atoms with Gasteiger partial charge in [0.05, 0.1) is 6.04 Å². The highest BCUT2D eigenvalue weighted by molar-refractivity contribution is 9.10. The van der Waals surface area contributed by atoms with Crippen LogP contribution in [0.5, 0.6) is 0 Å². The lowest BCUT2D eigenvalue weighted by Crippen LogP contribution is -2.23. The van der Waals surface area contributed by atoms with Gasteiger partial charge in [0.15, 0.2) is 0 Å². The minimum Gasteiger partial charge on any atom is -0.306 e. The van der Waals surface area contributed by atoms with E-state index < -0.39 is 0 Å². The van der Waals surface area contributed by atoms with Gasteiger partial charge in [-0.1, -0.05) is 22.9 Å². The average Bonchev–Trinajstić information content (AvgIpc) is 2.38. The maximum Gasteiger partial charge on any atom is 0.128 e. The molecule has 1 N–H and O–H groups in total. The van der Waals surface area contributed by atoms with E-state index in [4.69, 9.17) is 0 Å². The van der Waals surface area contributed by atoms with Gasteiger partial charge in [0.25, 0.3) is 0 Å². The number of pyridine rings is 1. The van der Waals surface area contributed by atoms with Crippen molar-refractivity contribution in [3.63, 3.8) is 0 Å². The van der Waals surface area contributed by atoms with Gasteiger partial charge in [0.1, 0.15) is 5.82 Å². The van der Waals surface area contributed by atoms with Crippen molar-refractivity contribution in [3.8, 4) is 0 Å². The zero-order valence-corrected chi connectivity index (χ0v) is 13.5. The summed E-state index contributed by atoms with van der Waals surface area (Å²) in [7, 11) is 0. The molecule has 0 aliphatic rings. The summed E-state index contributed by atoms with van der Waals surface area (Å²) in [5.41, 5.74) is 3.57. The molecule has 0 saturated carbocycles. The Labute approximate surface area is 127 Å². The summed E-state index contributed by atoms with van der Waals surface area (Å²) in [6, 6.07) is 8.86. The Morgan fingerprint density at radius 3 is 2.45 bits per heavy atom. The van der Waals surface area contributed by atoms with Crippen LogP contribution in [0.1, 0.15) is 35.5 Å². The number of halogens is 2. The van der Waals surface area contributed by atoms with Crippen LogP contribution in [0.15, 0.2) is 34.8 Å². The summed E-state index contributed by atoms with van der Waals surface area (Å²) in [5, 5.41) is 3.35. The van der Waals surface area contributed by atoms with E-state index in [2.05, 4.69) is 26.2 Å². The Morgan fingerprint density at radius 2 is 1.85 bits per heavy atom. The topological polar surface area (TPSA) is 24.9 Å². The summed E-state index contributed by atoms with van der Waals surface area (Å²) in [4.78, 5) is 4.38. The normalized spacial score (nSPS) is 12.4. The summed E-state index contributed by atoms with van der Waals surface area (Å²) >= 11 is 3.41. The Kier molecular flexibility index (Phi) is 4.89. The molecular weight excluding hydrogens is 319 g/mol. The number of hydrogen-bond donors (Lipinski definition) is 1. The molecular formula is C16H18BrFN2. The molecule has 20 heavy (non-hydrogen) atoms. The van der Waals surface area contributed by atoms with Crippen LogP contribution in [0.25, 0.3) is 0 Å². The molecule has 2 nitrogen and oxygen atoms in total. The second-order valence-corrected chi connectivity index (χ2v) is 5.76. The van der Waals surface area contributed by atoms with Crippen LogP contribution in [0.4, 0.5) is 4.39 Å². The molecule has 1 heterocycles. The van der Waals surface area contributed by atoms with Crippen LogP contribution in [0.3, 0.4) is 0 Å². The van der Waals surface area contributed by atoms with Gasteiger partial charge in [-0.25, -0.2) is 4.39 Å². The van der Waals surface area contributed by atoms with Crippen LogP contribution in [0.2, 0.25) is 0 Å². The van der Waals surface area contributed by atoms with E-state index in [-0.39, 0.29) is 11.9 Å². The van der Waals surface area contributed by atoms with E-state index >= 15 is 0 Å². The van der Waals surface area contributed by atoms with Gasteiger partial charge < -0.3 is 5.32 Å². The number of rotatable bonds is 4. The summed E-state index contributed by atoms with van der Waals surface area (Å²) in [6.45, 7) is 6.69. The fraction of sp³-hybridized carbons (Fsp3) is 0.312. The number of aryl methyl sites for hydroxylation is 2. The highest BCUT2D eigenvalue weighted by atomic mass is 79.9.